The molecule has 3 nitrogen and oxygen atoms in total. The molecule has 1 rings (SSSR count). The average molecular weight is 232 g/mol. The molecule has 0 N–H and O–H groups in total. The van der Waals surface area contributed by atoms with Crippen molar-refractivity contribution in [3.63, 3.8) is 0 Å². The molecular formula is C6H3F2KO3S. The Kier molecular flexibility index (Phi) is 6.47. The summed E-state index contributed by atoms with van der Waals surface area (Å²) < 4.78 is 48.5. The molecule has 0 spiro atoms. The molecular weight excluding hydrogens is 229 g/mol. The number of rotatable bonds is 2. The fourth-order valence-electron chi connectivity index (χ4n) is 0.607. The first kappa shape index (κ1) is 13.6. The molecule has 1 unspecified atom stereocenters. The van der Waals surface area contributed by atoms with Gasteiger partial charge in [0.25, 0.3) is 0 Å². The fraction of sp³-hybridized carbons (Fsp3) is 0. The van der Waals surface area contributed by atoms with E-state index < -0.39 is 23.0 Å². The van der Waals surface area contributed by atoms with Gasteiger partial charge in [-0.3, -0.25) is 0 Å². The van der Waals surface area contributed by atoms with Crippen molar-refractivity contribution in [2.75, 3.05) is 0 Å². The van der Waals surface area contributed by atoms with Crippen LogP contribution in [-0.4, -0.2) is 8.76 Å². The van der Waals surface area contributed by atoms with E-state index in [1.807, 2.05) is 0 Å². The maximum absolute atomic E-state index is 12.4. The van der Waals surface area contributed by atoms with E-state index in [0.29, 0.717) is 6.07 Å². The molecule has 0 aromatic heterocycles. The van der Waals surface area contributed by atoms with Crippen molar-refractivity contribution >= 4 is 11.4 Å². The largest absolute Gasteiger partial charge is 1.00 e. The first-order valence-corrected chi connectivity index (χ1v) is 3.82. The molecule has 0 radical (unpaired) electrons. The van der Waals surface area contributed by atoms with E-state index in [-0.39, 0.29) is 57.1 Å². The van der Waals surface area contributed by atoms with Gasteiger partial charge in [-0.05, 0) is 12.1 Å². The molecule has 13 heavy (non-hydrogen) atoms. The Balaban J connectivity index is 0.00000144. The second-order valence-corrected chi connectivity index (χ2v) is 2.44. The van der Waals surface area contributed by atoms with Gasteiger partial charge in [-0.25, -0.2) is 13.0 Å². The molecule has 0 saturated heterocycles. The smallest absolute Gasteiger partial charge is 0.740 e. The van der Waals surface area contributed by atoms with Crippen LogP contribution in [0.15, 0.2) is 18.2 Å². The van der Waals surface area contributed by atoms with Crippen molar-refractivity contribution in [1.82, 2.24) is 0 Å². The van der Waals surface area contributed by atoms with Crippen LogP contribution in [0.5, 0.6) is 5.75 Å². The number of benzene rings is 1. The van der Waals surface area contributed by atoms with Gasteiger partial charge in [-0.1, -0.05) is 0 Å². The van der Waals surface area contributed by atoms with E-state index in [1.54, 1.807) is 0 Å². The fourth-order valence-corrected chi connectivity index (χ4v) is 0.868. The van der Waals surface area contributed by atoms with Crippen LogP contribution in [-0.2, 0) is 11.4 Å². The van der Waals surface area contributed by atoms with Gasteiger partial charge in [-0.15, -0.1) is 0 Å². The van der Waals surface area contributed by atoms with Crippen molar-refractivity contribution < 1.29 is 73.1 Å². The molecule has 0 heterocycles. The Hall–Kier alpha value is 0.626. The molecule has 1 atom stereocenters. The minimum absolute atomic E-state index is 0. The van der Waals surface area contributed by atoms with E-state index in [0.717, 1.165) is 12.1 Å². The SMILES string of the molecule is O=S([O-])Oc1ccc(F)c(F)c1.[K+]. The molecule has 1 aromatic carbocycles. The van der Waals surface area contributed by atoms with Crippen molar-refractivity contribution in [2.45, 2.75) is 0 Å². The Morgan fingerprint density at radius 1 is 1.31 bits per heavy atom. The van der Waals surface area contributed by atoms with E-state index >= 15 is 0 Å². The molecule has 0 aliphatic heterocycles. The molecule has 0 aliphatic rings. The van der Waals surface area contributed by atoms with E-state index in [2.05, 4.69) is 4.18 Å². The Bertz CT molecular complexity index is 321. The molecule has 7 heteroatoms. The van der Waals surface area contributed by atoms with E-state index in [4.69, 9.17) is 0 Å². The number of hydrogen-bond donors (Lipinski definition) is 0. The molecule has 0 amide bonds. The second-order valence-electron chi connectivity index (χ2n) is 1.86. The summed E-state index contributed by atoms with van der Waals surface area (Å²) in [5, 5.41) is 0. The van der Waals surface area contributed by atoms with Crippen molar-refractivity contribution in [2.24, 2.45) is 0 Å². The van der Waals surface area contributed by atoms with Gasteiger partial charge in [0.15, 0.2) is 11.6 Å². The molecule has 0 aliphatic carbocycles. The van der Waals surface area contributed by atoms with Crippen molar-refractivity contribution in [1.29, 1.82) is 0 Å². The van der Waals surface area contributed by atoms with Crippen molar-refractivity contribution in [3.8, 4) is 5.75 Å². The van der Waals surface area contributed by atoms with Crippen LogP contribution < -0.4 is 55.6 Å². The van der Waals surface area contributed by atoms with Crippen molar-refractivity contribution in [3.05, 3.63) is 29.8 Å². The van der Waals surface area contributed by atoms with Gasteiger partial charge >= 0.3 is 51.4 Å². The zero-order chi connectivity index (χ0) is 9.14. The average Bonchev–Trinajstić information content (AvgIpc) is 1.96. The summed E-state index contributed by atoms with van der Waals surface area (Å²) in [7, 11) is 0. The first-order valence-electron chi connectivity index (χ1n) is 2.82. The topological polar surface area (TPSA) is 49.4 Å². The Morgan fingerprint density at radius 2 is 1.92 bits per heavy atom. The third-order valence-electron chi connectivity index (χ3n) is 1.06. The summed E-state index contributed by atoms with van der Waals surface area (Å²) in [6.07, 6.45) is 0. The Labute approximate surface area is 118 Å². The van der Waals surface area contributed by atoms with E-state index in [9.17, 15) is 17.5 Å². The van der Waals surface area contributed by atoms with Crippen LogP contribution in [0.3, 0.4) is 0 Å². The van der Waals surface area contributed by atoms with Gasteiger partial charge in [0.05, 0.1) is 0 Å². The maximum atomic E-state index is 12.4. The third kappa shape index (κ3) is 4.59. The normalized spacial score (nSPS) is 11.6. The molecule has 66 valence electrons. The van der Waals surface area contributed by atoms with Crippen LogP contribution in [0, 0.1) is 11.6 Å². The summed E-state index contributed by atoms with van der Waals surface area (Å²) in [4.78, 5) is 0. The maximum Gasteiger partial charge on any atom is 1.00 e. The quantitative estimate of drug-likeness (QED) is 0.444. The van der Waals surface area contributed by atoms with Crippen LogP contribution in [0.1, 0.15) is 0 Å². The predicted octanol–water partition coefficient (Wildman–Crippen LogP) is -1.86. The second kappa shape index (κ2) is 6.17. The standard InChI is InChI=1S/C6H4F2O3S.K/c7-5-2-1-4(3-6(5)8)11-12(9)10;/h1-3H,(H,9,10);/q;+1/p-1. The van der Waals surface area contributed by atoms with Crippen LogP contribution in [0.4, 0.5) is 8.78 Å². The molecule has 0 saturated carbocycles. The van der Waals surface area contributed by atoms with Gasteiger partial charge in [0.2, 0.25) is 0 Å². The minimum Gasteiger partial charge on any atom is -0.740 e. The zero-order valence-electron chi connectivity index (χ0n) is 6.62. The predicted molar refractivity (Wildman–Crippen MR) is 35.9 cm³/mol. The third-order valence-corrected chi connectivity index (χ3v) is 1.38. The zero-order valence-corrected chi connectivity index (χ0v) is 10.6. The summed E-state index contributed by atoms with van der Waals surface area (Å²) in [5.74, 6) is -2.47. The molecule has 1 aromatic rings. The summed E-state index contributed by atoms with van der Waals surface area (Å²) >= 11 is -2.77. The number of halogens is 2. The van der Waals surface area contributed by atoms with Crippen LogP contribution in [0.2, 0.25) is 0 Å². The monoisotopic (exact) mass is 232 g/mol. The van der Waals surface area contributed by atoms with Gasteiger partial charge in [-0.2, -0.15) is 0 Å². The molecule has 0 bridgehead atoms. The Morgan fingerprint density at radius 3 is 2.38 bits per heavy atom. The summed E-state index contributed by atoms with van der Waals surface area (Å²) in [6.45, 7) is 0. The summed E-state index contributed by atoms with van der Waals surface area (Å²) in [6, 6.07) is 2.43. The van der Waals surface area contributed by atoms with Crippen LogP contribution >= 0.6 is 0 Å². The summed E-state index contributed by atoms with van der Waals surface area (Å²) in [5.41, 5.74) is 0. The minimum atomic E-state index is -2.77. The first-order chi connectivity index (χ1) is 5.59. The van der Waals surface area contributed by atoms with Gasteiger partial charge in [0.1, 0.15) is 17.1 Å². The molecule has 0 fully saturated rings. The number of hydrogen-bond acceptors (Lipinski definition) is 3. The van der Waals surface area contributed by atoms with Crippen LogP contribution in [0.25, 0.3) is 0 Å². The van der Waals surface area contributed by atoms with E-state index in [1.165, 1.54) is 0 Å². The van der Waals surface area contributed by atoms with Gasteiger partial charge < -0.3 is 8.74 Å². The van der Waals surface area contributed by atoms with Gasteiger partial charge in [0, 0.05) is 6.07 Å².